The predicted molar refractivity (Wildman–Crippen MR) is 114 cm³/mol. The Hall–Kier alpha value is -3.11. The maximum atomic E-state index is 14.7. The summed E-state index contributed by atoms with van der Waals surface area (Å²) in [6.45, 7) is 3.33. The predicted octanol–water partition coefficient (Wildman–Crippen LogP) is 3.76. The Morgan fingerprint density at radius 1 is 1.26 bits per heavy atom. The zero-order valence-electron chi connectivity index (χ0n) is 17.3. The molecule has 1 aliphatic heterocycles. The smallest absolute Gasteiger partial charge is 0.253 e. The zero-order valence-corrected chi connectivity index (χ0v) is 17.3. The molecule has 3 N–H and O–H groups in total. The molecule has 1 saturated carbocycles. The molecule has 1 aromatic carbocycles. The lowest BCUT2D eigenvalue weighted by Crippen LogP contribution is -2.63. The third-order valence-electron chi connectivity index (χ3n) is 6.74. The van der Waals surface area contributed by atoms with Gasteiger partial charge in [-0.25, -0.2) is 8.78 Å². The Labute approximate surface area is 180 Å². The van der Waals surface area contributed by atoms with Crippen LogP contribution in [0, 0.1) is 29.1 Å². The molecule has 31 heavy (non-hydrogen) atoms. The van der Waals surface area contributed by atoms with Gasteiger partial charge in [0.2, 0.25) is 5.91 Å². The van der Waals surface area contributed by atoms with Gasteiger partial charge >= 0.3 is 0 Å². The fourth-order valence-corrected chi connectivity index (χ4v) is 5.04. The molecule has 1 amide bonds. The van der Waals surface area contributed by atoms with Gasteiger partial charge in [0.25, 0.3) is 5.92 Å². The minimum Gasteiger partial charge on any atom is -0.352 e. The molecule has 7 heteroatoms. The molecule has 4 rings (SSSR count). The van der Waals surface area contributed by atoms with Gasteiger partial charge in [0.1, 0.15) is 5.54 Å². The molecule has 1 aliphatic carbocycles. The lowest BCUT2D eigenvalue weighted by atomic mass is 9.61. The van der Waals surface area contributed by atoms with Crippen molar-refractivity contribution in [2.45, 2.75) is 37.8 Å². The number of fused-ring (bicyclic) bond motifs is 1. The van der Waals surface area contributed by atoms with Crippen molar-refractivity contribution in [2.24, 2.45) is 23.5 Å². The van der Waals surface area contributed by atoms with Crippen LogP contribution in [0.2, 0.25) is 0 Å². The van der Waals surface area contributed by atoms with Gasteiger partial charge in [-0.1, -0.05) is 37.3 Å². The summed E-state index contributed by atoms with van der Waals surface area (Å²) < 4.78 is 29.5. The van der Waals surface area contributed by atoms with Gasteiger partial charge < -0.3 is 11.1 Å². The van der Waals surface area contributed by atoms with Crippen LogP contribution < -0.4 is 11.1 Å². The van der Waals surface area contributed by atoms with Crippen molar-refractivity contribution < 1.29 is 13.6 Å². The highest BCUT2D eigenvalue weighted by atomic mass is 19.3. The third-order valence-corrected chi connectivity index (χ3v) is 6.74. The number of allylic oxidation sites excluding steroid dienone is 1. The highest BCUT2D eigenvalue weighted by Crippen LogP contribution is 2.52. The topological polar surface area (TPSA) is 91.8 Å². The van der Waals surface area contributed by atoms with Crippen LogP contribution in [0.25, 0.3) is 17.2 Å². The number of nitrogens with two attached hydrogens (primary N) is 1. The molecule has 2 fully saturated rings. The van der Waals surface area contributed by atoms with Crippen molar-refractivity contribution in [3.8, 4) is 17.2 Å². The van der Waals surface area contributed by atoms with Crippen LogP contribution >= 0.6 is 0 Å². The molecule has 2 aromatic rings. The first-order valence-corrected chi connectivity index (χ1v) is 10.3. The first-order chi connectivity index (χ1) is 14.7. The molecule has 5 atom stereocenters. The van der Waals surface area contributed by atoms with E-state index in [0.29, 0.717) is 11.3 Å². The molecule has 2 aliphatic rings. The van der Waals surface area contributed by atoms with Crippen LogP contribution in [-0.4, -0.2) is 28.4 Å². The van der Waals surface area contributed by atoms with Gasteiger partial charge in [0.15, 0.2) is 0 Å². The number of hydrogen-bond acceptors (Lipinski definition) is 4. The van der Waals surface area contributed by atoms with Gasteiger partial charge in [-0.2, -0.15) is 5.26 Å². The number of carbonyl (C=O) groups is 1. The first-order valence-electron chi connectivity index (χ1n) is 10.3. The van der Waals surface area contributed by atoms with E-state index >= 15 is 0 Å². The first kappa shape index (κ1) is 21.1. The number of halogens is 2. The number of aromatic nitrogens is 1. The van der Waals surface area contributed by atoms with Crippen molar-refractivity contribution in [3.05, 3.63) is 59.9 Å². The lowest BCUT2D eigenvalue weighted by molar-refractivity contribution is -0.149. The molecular formula is C24H24F2N4O. The Kier molecular flexibility index (Phi) is 5.14. The molecule has 5 nitrogen and oxygen atoms in total. The third kappa shape index (κ3) is 3.51. The van der Waals surface area contributed by atoms with Crippen molar-refractivity contribution in [3.63, 3.8) is 0 Å². The van der Waals surface area contributed by atoms with E-state index in [0.717, 1.165) is 11.1 Å². The maximum absolute atomic E-state index is 14.7. The maximum Gasteiger partial charge on any atom is 0.253 e. The molecule has 0 bridgehead atoms. The van der Waals surface area contributed by atoms with Crippen molar-refractivity contribution in [2.75, 3.05) is 0 Å². The number of pyridine rings is 1. The minimum absolute atomic E-state index is 0.288. The minimum atomic E-state index is -3.04. The van der Waals surface area contributed by atoms with Crippen LogP contribution in [0.4, 0.5) is 8.78 Å². The Morgan fingerprint density at radius 3 is 2.68 bits per heavy atom. The largest absolute Gasteiger partial charge is 0.352 e. The number of rotatable bonds is 3. The summed E-state index contributed by atoms with van der Waals surface area (Å²) >= 11 is 0. The number of nitriles is 1. The average Bonchev–Trinajstić information content (AvgIpc) is 2.96. The Balaban J connectivity index is 1.62. The normalized spacial score (nSPS) is 31.8. The van der Waals surface area contributed by atoms with Gasteiger partial charge in [0, 0.05) is 41.6 Å². The van der Waals surface area contributed by atoms with E-state index in [2.05, 4.69) is 16.4 Å². The standard InChI is InChI=1S/C24H24F2N4O/c1-14-19(21-15(2)30-22(31)23(21,28)13-24(14,25)26)10-9-18-8-7-17(12-29-18)20-6-4-3-5-16(20)11-27/h3-10,12,14-15,19,21H,13,28H2,1-2H3,(H,30,31)/b10-9+/t14-,15+,19-,21-,23-/m0/s1. The molecular weight excluding hydrogens is 398 g/mol. The second kappa shape index (κ2) is 7.54. The molecule has 2 heterocycles. The number of carbonyl (C=O) groups excluding carboxylic acids is 1. The molecule has 1 aromatic heterocycles. The van der Waals surface area contributed by atoms with Crippen LogP contribution in [0.5, 0.6) is 0 Å². The van der Waals surface area contributed by atoms with Gasteiger partial charge in [-0.15, -0.1) is 0 Å². The fourth-order valence-electron chi connectivity index (χ4n) is 5.04. The Morgan fingerprint density at radius 2 is 2.00 bits per heavy atom. The average molecular weight is 422 g/mol. The summed E-state index contributed by atoms with van der Waals surface area (Å²) in [5.41, 5.74) is 7.40. The van der Waals surface area contributed by atoms with Gasteiger partial charge in [0.05, 0.1) is 17.3 Å². The van der Waals surface area contributed by atoms with Crippen molar-refractivity contribution in [1.29, 1.82) is 5.26 Å². The van der Waals surface area contributed by atoms with Crippen molar-refractivity contribution >= 4 is 12.0 Å². The zero-order chi connectivity index (χ0) is 22.4. The van der Waals surface area contributed by atoms with Gasteiger partial charge in [-0.05, 0) is 31.1 Å². The number of amides is 1. The summed E-state index contributed by atoms with van der Waals surface area (Å²) in [7, 11) is 0. The lowest BCUT2D eigenvalue weighted by Gasteiger charge is -2.47. The van der Waals surface area contributed by atoms with Crippen LogP contribution in [-0.2, 0) is 4.79 Å². The van der Waals surface area contributed by atoms with E-state index in [1.54, 1.807) is 36.5 Å². The van der Waals surface area contributed by atoms with Gasteiger partial charge in [-0.3, -0.25) is 9.78 Å². The Bertz CT molecular complexity index is 1080. The summed E-state index contributed by atoms with van der Waals surface area (Å²) in [5, 5.41) is 12.0. The molecule has 0 radical (unpaired) electrons. The summed E-state index contributed by atoms with van der Waals surface area (Å²) in [6.07, 6.45) is 4.44. The van der Waals surface area contributed by atoms with Crippen molar-refractivity contribution in [1.82, 2.24) is 10.3 Å². The van der Waals surface area contributed by atoms with E-state index in [9.17, 15) is 18.8 Å². The second-order valence-electron chi connectivity index (χ2n) is 8.62. The summed E-state index contributed by atoms with van der Waals surface area (Å²) in [5.74, 6) is -5.51. The van der Waals surface area contributed by atoms with Crippen LogP contribution in [0.3, 0.4) is 0 Å². The number of nitrogens with zero attached hydrogens (tertiary/aromatic N) is 2. The van der Waals surface area contributed by atoms with E-state index in [1.165, 1.54) is 6.92 Å². The highest BCUT2D eigenvalue weighted by Gasteiger charge is 2.64. The SMILES string of the molecule is C[C@H]1NC(=O)[C@]2(N)CC(F)(F)[C@@H](C)[C@H](/C=C/c3ccc(-c4ccccc4C#N)cn3)[C@H]12. The fraction of sp³-hybridized carbons (Fsp3) is 0.375. The quantitative estimate of drug-likeness (QED) is 0.788. The number of nitrogens with one attached hydrogen (secondary N) is 1. The number of hydrogen-bond donors (Lipinski definition) is 2. The summed E-state index contributed by atoms with van der Waals surface area (Å²) in [6, 6.07) is 12.7. The highest BCUT2D eigenvalue weighted by molar-refractivity contribution is 5.90. The van der Waals surface area contributed by atoms with E-state index in [1.807, 2.05) is 25.1 Å². The number of alkyl halides is 2. The summed E-state index contributed by atoms with van der Waals surface area (Å²) in [4.78, 5) is 16.8. The monoisotopic (exact) mass is 422 g/mol. The molecule has 1 saturated heterocycles. The second-order valence-corrected chi connectivity index (χ2v) is 8.62. The molecule has 160 valence electrons. The van der Waals surface area contributed by atoms with Crippen LogP contribution in [0.15, 0.2) is 48.7 Å². The van der Waals surface area contributed by atoms with Crippen LogP contribution in [0.1, 0.15) is 31.5 Å². The van der Waals surface area contributed by atoms with E-state index in [4.69, 9.17) is 5.73 Å². The number of benzene rings is 1. The van der Waals surface area contributed by atoms with E-state index in [-0.39, 0.29) is 6.04 Å². The molecule has 0 unspecified atom stereocenters. The van der Waals surface area contributed by atoms with E-state index < -0.39 is 41.5 Å². The molecule has 0 spiro atoms.